The third-order valence-corrected chi connectivity index (χ3v) is 7.39. The lowest BCUT2D eigenvalue weighted by Crippen LogP contribution is -2.25. The van der Waals surface area contributed by atoms with Gasteiger partial charge in [0.2, 0.25) is 0 Å². The van der Waals surface area contributed by atoms with Crippen LogP contribution in [0.5, 0.6) is 0 Å². The number of hydrogen-bond donors (Lipinski definition) is 0. The predicted octanol–water partition coefficient (Wildman–Crippen LogP) is 7.97. The van der Waals surface area contributed by atoms with Crippen LogP contribution in [0.4, 0.5) is 8.78 Å². The van der Waals surface area contributed by atoms with E-state index in [1.165, 1.54) is 49.3 Å². The van der Waals surface area contributed by atoms with E-state index in [4.69, 9.17) is 0 Å². The van der Waals surface area contributed by atoms with E-state index in [-0.39, 0.29) is 5.92 Å². The van der Waals surface area contributed by atoms with Crippen molar-refractivity contribution in [3.63, 3.8) is 0 Å². The molecule has 0 aliphatic carbocycles. The van der Waals surface area contributed by atoms with E-state index in [2.05, 4.69) is 27.7 Å². The summed E-state index contributed by atoms with van der Waals surface area (Å²) >= 11 is 0. The van der Waals surface area contributed by atoms with Gasteiger partial charge in [-0.05, 0) is 18.8 Å². The lowest BCUT2D eigenvalue weighted by molar-refractivity contribution is 0.117. The molecule has 4 heteroatoms. The van der Waals surface area contributed by atoms with Crippen LogP contribution in [0.25, 0.3) is 0 Å². The van der Waals surface area contributed by atoms with Gasteiger partial charge in [0.25, 0.3) is 6.43 Å². The molecule has 0 aromatic rings. The maximum Gasteiger partial charge on any atom is 0.251 e. The van der Waals surface area contributed by atoms with Gasteiger partial charge in [-0.25, -0.2) is 8.78 Å². The summed E-state index contributed by atoms with van der Waals surface area (Å²) in [4.78, 5) is 0. The molecule has 0 rings (SSSR count). The average Bonchev–Trinajstić information content (AvgIpc) is 2.46. The van der Waals surface area contributed by atoms with Crippen LogP contribution >= 0.6 is 21.6 Å². The van der Waals surface area contributed by atoms with Crippen molar-refractivity contribution in [1.29, 1.82) is 0 Å². The molecule has 0 saturated heterocycles. The second-order valence-corrected chi connectivity index (χ2v) is 9.53. The molecule has 0 saturated carbocycles. The number of alkyl halides is 2. The van der Waals surface area contributed by atoms with Crippen LogP contribution in [-0.4, -0.2) is 16.9 Å². The average molecular weight is 355 g/mol. The van der Waals surface area contributed by atoms with Gasteiger partial charge in [0, 0.05) is 5.25 Å². The summed E-state index contributed by atoms with van der Waals surface area (Å²) in [5.74, 6) is 0.185. The maximum absolute atomic E-state index is 13.5. The summed E-state index contributed by atoms with van der Waals surface area (Å²) in [5.41, 5.74) is 0. The highest BCUT2D eigenvalue weighted by molar-refractivity contribution is 8.77. The summed E-state index contributed by atoms with van der Waals surface area (Å²) in [5, 5.41) is -0.0808. The second-order valence-electron chi connectivity index (χ2n) is 6.50. The fraction of sp³-hybridized carbons (Fsp3) is 1.00. The van der Waals surface area contributed by atoms with Gasteiger partial charge in [0.05, 0.1) is 5.25 Å². The molecule has 22 heavy (non-hydrogen) atoms. The molecule has 0 aromatic heterocycles. The van der Waals surface area contributed by atoms with Gasteiger partial charge >= 0.3 is 0 Å². The minimum atomic E-state index is -2.20. The van der Waals surface area contributed by atoms with Crippen LogP contribution in [0.15, 0.2) is 0 Å². The van der Waals surface area contributed by atoms with Crippen molar-refractivity contribution >= 4 is 21.6 Å². The Bertz CT molecular complexity index is 223. The zero-order chi connectivity index (χ0) is 16.8. The largest absolute Gasteiger partial charge is 0.251 e. The lowest BCUT2D eigenvalue weighted by Gasteiger charge is -2.26. The molecule has 0 radical (unpaired) electrons. The van der Waals surface area contributed by atoms with Crippen LogP contribution < -0.4 is 0 Å². The third kappa shape index (κ3) is 12.0. The van der Waals surface area contributed by atoms with Gasteiger partial charge in [-0.1, -0.05) is 101 Å². The van der Waals surface area contributed by atoms with E-state index in [1.54, 1.807) is 10.8 Å². The topological polar surface area (TPSA) is 0 Å². The molecule has 0 aliphatic rings. The summed E-state index contributed by atoms with van der Waals surface area (Å²) in [6.45, 7) is 8.55. The van der Waals surface area contributed by atoms with Crippen molar-refractivity contribution in [1.82, 2.24) is 0 Å². The molecule has 0 aromatic carbocycles. The quantitative estimate of drug-likeness (QED) is 0.216. The second kappa shape index (κ2) is 15.1. The first kappa shape index (κ1) is 22.6. The van der Waals surface area contributed by atoms with Gasteiger partial charge in [-0.15, -0.1) is 0 Å². The summed E-state index contributed by atoms with van der Waals surface area (Å²) in [6.07, 6.45) is 9.25. The highest BCUT2D eigenvalue weighted by atomic mass is 33.1. The molecule has 1 atom stereocenters. The van der Waals surface area contributed by atoms with Crippen molar-refractivity contribution in [2.24, 2.45) is 5.92 Å². The fourth-order valence-electron chi connectivity index (χ4n) is 2.64. The monoisotopic (exact) mass is 354 g/mol. The first-order chi connectivity index (χ1) is 10.5. The number of hydrogen-bond acceptors (Lipinski definition) is 2. The van der Waals surface area contributed by atoms with E-state index in [9.17, 15) is 8.78 Å². The minimum Gasteiger partial charge on any atom is -0.209 e. The Balaban J connectivity index is 4.44. The van der Waals surface area contributed by atoms with Crippen molar-refractivity contribution in [3.05, 3.63) is 0 Å². The fourth-order valence-corrected chi connectivity index (χ4v) is 5.28. The molecule has 0 nitrogen and oxygen atoms in total. The molecule has 0 unspecified atom stereocenters. The van der Waals surface area contributed by atoms with Crippen molar-refractivity contribution in [2.75, 3.05) is 0 Å². The Morgan fingerprint density at radius 3 is 1.59 bits per heavy atom. The zero-order valence-electron chi connectivity index (χ0n) is 15.0. The number of rotatable bonds is 15. The third-order valence-electron chi connectivity index (χ3n) is 3.93. The molecule has 134 valence electrons. The molecule has 0 aliphatic heterocycles. The molecule has 0 N–H and O–H groups in total. The molecular weight excluding hydrogens is 318 g/mol. The highest BCUT2D eigenvalue weighted by Crippen LogP contribution is 2.41. The molecule has 0 amide bonds. The van der Waals surface area contributed by atoms with Crippen LogP contribution in [0.3, 0.4) is 0 Å². The van der Waals surface area contributed by atoms with Crippen molar-refractivity contribution < 1.29 is 8.78 Å². The molecule has 0 spiro atoms. The van der Waals surface area contributed by atoms with Gasteiger partial charge in [0.15, 0.2) is 0 Å². The van der Waals surface area contributed by atoms with Gasteiger partial charge in [-0.3, -0.25) is 0 Å². The first-order valence-electron chi connectivity index (χ1n) is 9.13. The van der Waals surface area contributed by atoms with Crippen LogP contribution in [0, 0.1) is 5.92 Å². The number of halogens is 2. The SMILES string of the molecule is CCCCCCC(CCCCCC)[C@H](SSC(C)C)C(F)F. The Kier molecular flexibility index (Phi) is 15.5. The Labute approximate surface area is 145 Å². The van der Waals surface area contributed by atoms with Crippen LogP contribution in [-0.2, 0) is 0 Å². The normalized spacial score (nSPS) is 13.5. The standard InChI is InChI=1S/C18H36F2S2/c1-5-7-9-11-13-16(14-12-10-8-6-2)17(18(19)20)22-21-15(3)4/h15-18H,5-14H2,1-4H3/t17-/m0/s1. The summed E-state index contributed by atoms with van der Waals surface area (Å²) in [6, 6.07) is 0. The molecule has 0 bridgehead atoms. The summed E-state index contributed by atoms with van der Waals surface area (Å²) in [7, 11) is 3.06. The molecule has 0 heterocycles. The van der Waals surface area contributed by atoms with E-state index >= 15 is 0 Å². The summed E-state index contributed by atoms with van der Waals surface area (Å²) < 4.78 is 27.0. The Morgan fingerprint density at radius 2 is 1.23 bits per heavy atom. The molecular formula is C18H36F2S2. The zero-order valence-corrected chi connectivity index (χ0v) is 16.6. The van der Waals surface area contributed by atoms with Crippen LogP contribution in [0.2, 0.25) is 0 Å². The Hall–Kier alpha value is 0.560. The van der Waals surface area contributed by atoms with Crippen molar-refractivity contribution in [2.45, 2.75) is 109 Å². The number of unbranched alkanes of at least 4 members (excludes halogenated alkanes) is 6. The minimum absolute atomic E-state index is 0.185. The van der Waals surface area contributed by atoms with Gasteiger partial charge in [-0.2, -0.15) is 0 Å². The van der Waals surface area contributed by atoms with Gasteiger partial charge in [0.1, 0.15) is 0 Å². The van der Waals surface area contributed by atoms with Crippen molar-refractivity contribution in [3.8, 4) is 0 Å². The van der Waals surface area contributed by atoms with E-state index in [0.717, 1.165) is 25.7 Å². The Morgan fingerprint density at radius 1 is 0.727 bits per heavy atom. The highest BCUT2D eigenvalue weighted by Gasteiger charge is 2.30. The predicted molar refractivity (Wildman–Crippen MR) is 101 cm³/mol. The van der Waals surface area contributed by atoms with E-state index in [1.807, 2.05) is 0 Å². The van der Waals surface area contributed by atoms with E-state index < -0.39 is 11.7 Å². The lowest BCUT2D eigenvalue weighted by atomic mass is 9.91. The molecule has 0 fully saturated rings. The van der Waals surface area contributed by atoms with E-state index in [0.29, 0.717) is 5.25 Å². The maximum atomic E-state index is 13.5. The van der Waals surface area contributed by atoms with Crippen LogP contribution in [0.1, 0.15) is 91.9 Å². The first-order valence-corrected chi connectivity index (χ1v) is 11.4. The van der Waals surface area contributed by atoms with Gasteiger partial charge < -0.3 is 0 Å². The smallest absolute Gasteiger partial charge is 0.209 e.